The first-order valence-corrected chi connectivity index (χ1v) is 6.04. The van der Waals surface area contributed by atoms with Crippen LogP contribution in [0.2, 0.25) is 0 Å². The van der Waals surface area contributed by atoms with E-state index < -0.39 is 5.97 Å². The molecular weight excluding hydrogens is 236 g/mol. The van der Waals surface area contributed by atoms with Gasteiger partial charge in [-0.1, -0.05) is 6.07 Å². The molecule has 1 unspecified atom stereocenters. The highest BCUT2D eigenvalue weighted by Crippen LogP contribution is 2.21. The number of carbonyl (C=O) groups is 1. The van der Waals surface area contributed by atoms with Crippen LogP contribution in [0.3, 0.4) is 0 Å². The van der Waals surface area contributed by atoms with Gasteiger partial charge < -0.3 is 10.4 Å². The van der Waals surface area contributed by atoms with Gasteiger partial charge >= 0.3 is 5.97 Å². The number of nitrogens with one attached hydrogen (secondary N) is 1. The Morgan fingerprint density at radius 3 is 2.82 bits per heavy atom. The SMILES string of the molecule is CC(Nc1ccc(C(=O)O)cn1)c1cccs1. The number of aromatic carboxylic acids is 1. The molecule has 2 aromatic heterocycles. The van der Waals surface area contributed by atoms with Crippen LogP contribution >= 0.6 is 11.3 Å². The molecule has 2 aromatic rings. The van der Waals surface area contributed by atoms with Crippen LogP contribution in [0.15, 0.2) is 35.8 Å². The van der Waals surface area contributed by atoms with Crippen molar-refractivity contribution < 1.29 is 9.90 Å². The maximum Gasteiger partial charge on any atom is 0.337 e. The van der Waals surface area contributed by atoms with Crippen LogP contribution in [0.1, 0.15) is 28.2 Å². The molecule has 0 spiro atoms. The summed E-state index contributed by atoms with van der Waals surface area (Å²) in [6.07, 6.45) is 1.35. The summed E-state index contributed by atoms with van der Waals surface area (Å²) >= 11 is 1.67. The van der Waals surface area contributed by atoms with Crippen molar-refractivity contribution in [1.29, 1.82) is 0 Å². The predicted molar refractivity (Wildman–Crippen MR) is 67.6 cm³/mol. The van der Waals surface area contributed by atoms with E-state index in [-0.39, 0.29) is 11.6 Å². The van der Waals surface area contributed by atoms with Crippen LogP contribution in [0.5, 0.6) is 0 Å². The fraction of sp³-hybridized carbons (Fsp3) is 0.167. The van der Waals surface area contributed by atoms with Crippen molar-refractivity contribution in [2.75, 3.05) is 5.32 Å². The van der Waals surface area contributed by atoms with Gasteiger partial charge in [-0.05, 0) is 30.5 Å². The van der Waals surface area contributed by atoms with Crippen LogP contribution in [-0.2, 0) is 0 Å². The molecule has 0 aliphatic heterocycles. The second-order valence-corrected chi connectivity index (χ2v) is 4.60. The molecule has 17 heavy (non-hydrogen) atoms. The van der Waals surface area contributed by atoms with Crippen LogP contribution in [-0.4, -0.2) is 16.1 Å². The van der Waals surface area contributed by atoms with E-state index in [1.165, 1.54) is 11.1 Å². The van der Waals surface area contributed by atoms with Gasteiger partial charge in [0.2, 0.25) is 0 Å². The largest absolute Gasteiger partial charge is 0.478 e. The highest BCUT2D eigenvalue weighted by Gasteiger charge is 2.07. The van der Waals surface area contributed by atoms with E-state index in [0.717, 1.165) is 0 Å². The van der Waals surface area contributed by atoms with Crippen LogP contribution < -0.4 is 5.32 Å². The number of hydrogen-bond donors (Lipinski definition) is 2. The molecule has 0 aliphatic rings. The second kappa shape index (κ2) is 4.97. The van der Waals surface area contributed by atoms with E-state index in [1.54, 1.807) is 23.5 Å². The average Bonchev–Trinajstić information content (AvgIpc) is 2.83. The first kappa shape index (κ1) is 11.6. The molecule has 0 bridgehead atoms. The van der Waals surface area contributed by atoms with E-state index in [9.17, 15) is 4.79 Å². The Morgan fingerprint density at radius 1 is 1.47 bits per heavy atom. The van der Waals surface area contributed by atoms with Crippen molar-refractivity contribution in [3.05, 3.63) is 46.3 Å². The Hall–Kier alpha value is -1.88. The Labute approximate surface area is 103 Å². The summed E-state index contributed by atoms with van der Waals surface area (Å²) in [6.45, 7) is 2.04. The lowest BCUT2D eigenvalue weighted by Crippen LogP contribution is -2.07. The van der Waals surface area contributed by atoms with Gasteiger partial charge in [0.1, 0.15) is 5.82 Å². The maximum absolute atomic E-state index is 10.7. The molecule has 0 radical (unpaired) electrons. The van der Waals surface area contributed by atoms with E-state index in [4.69, 9.17) is 5.11 Å². The smallest absolute Gasteiger partial charge is 0.337 e. The number of nitrogens with zero attached hydrogens (tertiary/aromatic N) is 1. The van der Waals surface area contributed by atoms with Gasteiger partial charge in [0.05, 0.1) is 11.6 Å². The monoisotopic (exact) mass is 248 g/mol. The highest BCUT2D eigenvalue weighted by atomic mass is 32.1. The minimum atomic E-state index is -0.963. The number of aromatic nitrogens is 1. The van der Waals surface area contributed by atoms with E-state index in [1.807, 2.05) is 24.4 Å². The number of rotatable bonds is 4. The summed E-state index contributed by atoms with van der Waals surface area (Å²) in [4.78, 5) is 15.9. The fourth-order valence-corrected chi connectivity index (χ4v) is 2.17. The summed E-state index contributed by atoms with van der Waals surface area (Å²) < 4.78 is 0. The molecule has 2 rings (SSSR count). The molecule has 0 saturated carbocycles. The van der Waals surface area contributed by atoms with E-state index in [0.29, 0.717) is 5.82 Å². The first-order chi connectivity index (χ1) is 8.16. The quantitative estimate of drug-likeness (QED) is 0.873. The van der Waals surface area contributed by atoms with Gasteiger partial charge in [0.15, 0.2) is 0 Å². The summed E-state index contributed by atoms with van der Waals surface area (Å²) in [5, 5.41) is 14.0. The van der Waals surface area contributed by atoms with Gasteiger partial charge in [-0.15, -0.1) is 11.3 Å². The van der Waals surface area contributed by atoms with Gasteiger partial charge in [0, 0.05) is 11.1 Å². The standard InChI is InChI=1S/C12H12N2O2S/c1-8(10-3-2-6-17-10)14-11-5-4-9(7-13-11)12(15)16/h2-8H,1H3,(H,13,14)(H,15,16). The Bertz CT molecular complexity index is 494. The van der Waals surface area contributed by atoms with Crippen LogP contribution in [0.25, 0.3) is 0 Å². The molecule has 0 fully saturated rings. The Morgan fingerprint density at radius 2 is 2.29 bits per heavy atom. The van der Waals surface area contributed by atoms with Gasteiger partial charge in [-0.2, -0.15) is 0 Å². The zero-order valence-electron chi connectivity index (χ0n) is 9.25. The number of anilines is 1. The normalized spacial score (nSPS) is 12.1. The number of hydrogen-bond acceptors (Lipinski definition) is 4. The lowest BCUT2D eigenvalue weighted by Gasteiger charge is -2.12. The minimum Gasteiger partial charge on any atom is -0.478 e. The Balaban J connectivity index is 2.06. The Kier molecular flexibility index (Phi) is 3.39. The van der Waals surface area contributed by atoms with Crippen molar-refractivity contribution >= 4 is 23.1 Å². The zero-order chi connectivity index (χ0) is 12.3. The number of thiophene rings is 1. The molecule has 0 aliphatic carbocycles. The average molecular weight is 248 g/mol. The molecule has 0 aromatic carbocycles. The van der Waals surface area contributed by atoms with Crippen LogP contribution in [0, 0.1) is 0 Å². The third kappa shape index (κ3) is 2.82. The lowest BCUT2D eigenvalue weighted by atomic mass is 10.2. The highest BCUT2D eigenvalue weighted by molar-refractivity contribution is 7.10. The second-order valence-electron chi connectivity index (χ2n) is 3.62. The predicted octanol–water partition coefficient (Wildman–Crippen LogP) is 3.01. The summed E-state index contributed by atoms with van der Waals surface area (Å²) in [6, 6.07) is 7.43. The summed E-state index contributed by atoms with van der Waals surface area (Å²) in [5.74, 6) is -0.286. The fourth-order valence-electron chi connectivity index (χ4n) is 1.44. The molecule has 0 amide bonds. The van der Waals surface area contributed by atoms with E-state index >= 15 is 0 Å². The third-order valence-corrected chi connectivity index (χ3v) is 3.40. The molecule has 1 atom stereocenters. The summed E-state index contributed by atoms with van der Waals surface area (Å²) in [5.41, 5.74) is 0.194. The van der Waals surface area contributed by atoms with Crippen LogP contribution in [0.4, 0.5) is 5.82 Å². The summed E-state index contributed by atoms with van der Waals surface area (Å²) in [7, 11) is 0. The first-order valence-electron chi connectivity index (χ1n) is 5.16. The topological polar surface area (TPSA) is 62.2 Å². The molecule has 88 valence electrons. The molecule has 4 nitrogen and oxygen atoms in total. The molecule has 5 heteroatoms. The van der Waals surface area contributed by atoms with Gasteiger partial charge in [0.25, 0.3) is 0 Å². The van der Waals surface area contributed by atoms with Gasteiger partial charge in [-0.3, -0.25) is 0 Å². The lowest BCUT2D eigenvalue weighted by molar-refractivity contribution is 0.0696. The minimum absolute atomic E-state index is 0.165. The third-order valence-electron chi connectivity index (χ3n) is 2.34. The number of carboxylic acid groups (broad SMARTS) is 1. The number of carboxylic acids is 1. The molecule has 0 saturated heterocycles. The molecular formula is C12H12N2O2S. The maximum atomic E-state index is 10.7. The van der Waals surface area contributed by atoms with Crippen molar-refractivity contribution in [2.45, 2.75) is 13.0 Å². The molecule has 2 N–H and O–H groups in total. The van der Waals surface area contributed by atoms with Crippen molar-refractivity contribution in [3.63, 3.8) is 0 Å². The van der Waals surface area contributed by atoms with Crippen molar-refractivity contribution in [3.8, 4) is 0 Å². The van der Waals surface area contributed by atoms with E-state index in [2.05, 4.69) is 10.3 Å². The molecule has 2 heterocycles. The van der Waals surface area contributed by atoms with Crippen molar-refractivity contribution in [2.24, 2.45) is 0 Å². The van der Waals surface area contributed by atoms with Gasteiger partial charge in [-0.25, -0.2) is 9.78 Å². The zero-order valence-corrected chi connectivity index (χ0v) is 10.1. The number of pyridine rings is 1. The van der Waals surface area contributed by atoms with Crippen molar-refractivity contribution in [1.82, 2.24) is 4.98 Å².